The van der Waals surface area contributed by atoms with Crippen molar-refractivity contribution in [3.63, 3.8) is 0 Å². The molecule has 1 aliphatic heterocycles. The Hall–Kier alpha value is -2.08. The van der Waals surface area contributed by atoms with E-state index in [4.69, 9.17) is 16.3 Å². The number of benzene rings is 1. The van der Waals surface area contributed by atoms with E-state index in [0.29, 0.717) is 23.7 Å². The minimum Gasteiger partial charge on any atom is -0.452 e. The molecule has 0 saturated carbocycles. The number of rotatable bonds is 6. The highest BCUT2D eigenvalue weighted by molar-refractivity contribution is 6.34. The van der Waals surface area contributed by atoms with E-state index in [2.05, 4.69) is 26.1 Å². The van der Waals surface area contributed by atoms with E-state index in [1.54, 1.807) is 11.0 Å². The van der Waals surface area contributed by atoms with Crippen LogP contribution in [0.25, 0.3) is 0 Å². The number of ether oxygens (including phenoxy) is 1. The summed E-state index contributed by atoms with van der Waals surface area (Å²) in [7, 11) is 0. The molecule has 28 heavy (non-hydrogen) atoms. The maximum absolute atomic E-state index is 12.4. The summed E-state index contributed by atoms with van der Waals surface area (Å²) in [6.45, 7) is 10.4. The Kier molecular flexibility index (Phi) is 6.75. The molecule has 0 bridgehead atoms. The van der Waals surface area contributed by atoms with Gasteiger partial charge in [-0.15, -0.1) is 0 Å². The van der Waals surface area contributed by atoms with Crippen LogP contribution in [0.2, 0.25) is 5.02 Å². The van der Waals surface area contributed by atoms with Crippen LogP contribution >= 0.6 is 11.6 Å². The molecule has 1 N–H and O–H groups in total. The summed E-state index contributed by atoms with van der Waals surface area (Å²) < 4.78 is 5.15. The molecular weight excluding hydrogens is 380 g/mol. The average Bonchev–Trinajstić information content (AvgIpc) is 2.96. The second-order valence-electron chi connectivity index (χ2n) is 9.06. The van der Waals surface area contributed by atoms with E-state index in [1.807, 2.05) is 13.8 Å². The Balaban J connectivity index is 1.98. The third-order valence-electron chi connectivity index (χ3n) is 4.33. The summed E-state index contributed by atoms with van der Waals surface area (Å²) in [5.41, 5.74) is 0.390. The number of amides is 2. The van der Waals surface area contributed by atoms with Crippen molar-refractivity contribution in [1.82, 2.24) is 5.32 Å². The van der Waals surface area contributed by atoms with Gasteiger partial charge in [-0.2, -0.15) is 0 Å². The van der Waals surface area contributed by atoms with Gasteiger partial charge in [0.15, 0.2) is 6.61 Å². The van der Waals surface area contributed by atoms with Crippen molar-refractivity contribution in [1.29, 1.82) is 0 Å². The highest BCUT2D eigenvalue weighted by atomic mass is 35.5. The third-order valence-corrected chi connectivity index (χ3v) is 4.65. The number of nitrogens with zero attached hydrogens (tertiary/aromatic N) is 1. The number of carbonyl (C=O) groups is 3. The summed E-state index contributed by atoms with van der Waals surface area (Å²) in [4.78, 5) is 38.1. The van der Waals surface area contributed by atoms with Crippen molar-refractivity contribution in [2.75, 3.05) is 18.1 Å². The predicted octanol–water partition coefficient (Wildman–Crippen LogP) is 3.95. The highest BCUT2D eigenvalue weighted by Gasteiger charge is 2.28. The number of halogens is 1. The number of anilines is 1. The first-order valence-electron chi connectivity index (χ1n) is 9.46. The van der Waals surface area contributed by atoms with Crippen molar-refractivity contribution < 1.29 is 19.1 Å². The van der Waals surface area contributed by atoms with E-state index in [0.717, 1.165) is 12.8 Å². The maximum atomic E-state index is 12.4. The van der Waals surface area contributed by atoms with Crippen LogP contribution in [0.15, 0.2) is 18.2 Å². The number of nitrogens with one attached hydrogen (secondary N) is 1. The topological polar surface area (TPSA) is 75.7 Å². The summed E-state index contributed by atoms with van der Waals surface area (Å²) in [6, 6.07) is 4.62. The fourth-order valence-electron chi connectivity index (χ4n) is 3.75. The van der Waals surface area contributed by atoms with Crippen molar-refractivity contribution in [3.8, 4) is 0 Å². The molecule has 1 saturated heterocycles. The van der Waals surface area contributed by atoms with Crippen LogP contribution in [0.1, 0.15) is 64.2 Å². The van der Waals surface area contributed by atoms with Gasteiger partial charge < -0.3 is 15.0 Å². The first-order chi connectivity index (χ1) is 12.9. The molecule has 0 spiro atoms. The lowest BCUT2D eigenvalue weighted by molar-refractivity contribution is -0.126. The molecule has 1 aromatic rings. The van der Waals surface area contributed by atoms with Crippen molar-refractivity contribution >= 4 is 35.1 Å². The highest BCUT2D eigenvalue weighted by Crippen LogP contribution is 2.30. The zero-order chi connectivity index (χ0) is 21.1. The fraction of sp³-hybridized carbons (Fsp3) is 0.571. The van der Waals surface area contributed by atoms with Gasteiger partial charge in [-0.25, -0.2) is 4.79 Å². The number of carbonyl (C=O) groups excluding carboxylic acids is 3. The molecule has 0 atom stereocenters. The lowest BCUT2D eigenvalue weighted by atomic mass is 9.82. The summed E-state index contributed by atoms with van der Waals surface area (Å²) >= 11 is 6.19. The van der Waals surface area contributed by atoms with Crippen LogP contribution < -0.4 is 10.2 Å². The first-order valence-corrected chi connectivity index (χ1v) is 9.84. The Morgan fingerprint density at radius 2 is 1.89 bits per heavy atom. The molecule has 2 amide bonds. The van der Waals surface area contributed by atoms with Crippen LogP contribution in [0.5, 0.6) is 0 Å². The van der Waals surface area contributed by atoms with Crippen LogP contribution in [-0.4, -0.2) is 36.5 Å². The van der Waals surface area contributed by atoms with Crippen LogP contribution in [0.4, 0.5) is 5.69 Å². The number of hydrogen-bond donors (Lipinski definition) is 1. The Morgan fingerprint density at radius 3 is 2.46 bits per heavy atom. The molecule has 1 heterocycles. The molecule has 0 unspecified atom stereocenters. The van der Waals surface area contributed by atoms with Gasteiger partial charge in [0.05, 0.1) is 16.3 Å². The monoisotopic (exact) mass is 408 g/mol. The Morgan fingerprint density at radius 1 is 1.21 bits per heavy atom. The molecule has 7 heteroatoms. The quantitative estimate of drug-likeness (QED) is 0.723. The van der Waals surface area contributed by atoms with Crippen molar-refractivity contribution in [2.24, 2.45) is 5.41 Å². The standard InChI is InChI=1S/C21H29ClN2O4/c1-20(2,3)13-21(4,5)23-17(25)12-28-19(27)14-8-9-15(22)16(11-14)24-10-6-7-18(24)26/h8-9,11H,6-7,10,12-13H2,1-5H3,(H,23,25). The average molecular weight is 409 g/mol. The number of hydrogen-bond acceptors (Lipinski definition) is 4. The van der Waals surface area contributed by atoms with E-state index >= 15 is 0 Å². The minimum absolute atomic E-state index is 0.0205. The maximum Gasteiger partial charge on any atom is 0.338 e. The molecule has 0 aromatic heterocycles. The molecule has 1 aromatic carbocycles. The van der Waals surface area contributed by atoms with E-state index in [1.165, 1.54) is 12.1 Å². The van der Waals surface area contributed by atoms with Gasteiger partial charge in [-0.1, -0.05) is 32.4 Å². The fourth-order valence-corrected chi connectivity index (χ4v) is 3.97. The smallest absolute Gasteiger partial charge is 0.338 e. The largest absolute Gasteiger partial charge is 0.452 e. The molecule has 154 valence electrons. The van der Waals surface area contributed by atoms with Crippen molar-refractivity contribution in [3.05, 3.63) is 28.8 Å². The van der Waals surface area contributed by atoms with Crippen LogP contribution in [0.3, 0.4) is 0 Å². The Labute approximate surface area is 171 Å². The number of esters is 1. The second kappa shape index (κ2) is 8.52. The SMILES string of the molecule is CC(C)(C)CC(C)(C)NC(=O)COC(=O)c1ccc(Cl)c(N2CCCC2=O)c1. The molecule has 1 fully saturated rings. The van der Waals surface area contributed by atoms with Crippen molar-refractivity contribution in [2.45, 2.75) is 59.4 Å². The molecule has 0 aliphatic carbocycles. The third kappa shape index (κ3) is 6.23. The lowest BCUT2D eigenvalue weighted by Gasteiger charge is -2.33. The summed E-state index contributed by atoms with van der Waals surface area (Å²) in [5.74, 6) is -1.01. The van der Waals surface area contributed by atoms with E-state index in [9.17, 15) is 14.4 Å². The van der Waals surface area contributed by atoms with Crippen LogP contribution in [0, 0.1) is 5.41 Å². The minimum atomic E-state index is -0.631. The van der Waals surface area contributed by atoms with Gasteiger partial charge in [0.2, 0.25) is 5.91 Å². The molecule has 0 radical (unpaired) electrons. The molecule has 6 nitrogen and oxygen atoms in total. The zero-order valence-corrected chi connectivity index (χ0v) is 18.0. The van der Waals surface area contributed by atoms with E-state index in [-0.39, 0.29) is 29.4 Å². The normalized spacial score (nSPS) is 14.9. The summed E-state index contributed by atoms with van der Waals surface area (Å²) in [5, 5.41) is 3.30. The van der Waals surface area contributed by atoms with Gasteiger partial charge in [-0.05, 0) is 50.3 Å². The lowest BCUT2D eigenvalue weighted by Crippen LogP contribution is -2.47. The van der Waals surface area contributed by atoms with E-state index < -0.39 is 11.5 Å². The summed E-state index contributed by atoms with van der Waals surface area (Å²) in [6.07, 6.45) is 2.01. The second-order valence-corrected chi connectivity index (χ2v) is 9.47. The van der Waals surface area contributed by atoms with Crippen LogP contribution in [-0.2, 0) is 14.3 Å². The van der Waals surface area contributed by atoms with Gasteiger partial charge >= 0.3 is 5.97 Å². The predicted molar refractivity (Wildman–Crippen MR) is 110 cm³/mol. The van der Waals surface area contributed by atoms with Gasteiger partial charge in [0, 0.05) is 18.5 Å². The molecule has 1 aliphatic rings. The Bertz CT molecular complexity index is 768. The molecule has 2 rings (SSSR count). The first kappa shape index (κ1) is 22.2. The zero-order valence-electron chi connectivity index (χ0n) is 17.2. The van der Waals surface area contributed by atoms with Gasteiger partial charge in [0.25, 0.3) is 5.91 Å². The van der Waals surface area contributed by atoms with Gasteiger partial charge in [-0.3, -0.25) is 9.59 Å². The van der Waals surface area contributed by atoms with Gasteiger partial charge in [0.1, 0.15) is 0 Å². The molecular formula is C21H29ClN2O4.